The maximum Gasteiger partial charge on any atom is 0.233 e. The second-order valence-electron chi connectivity index (χ2n) is 7.55. The number of ether oxygens (including phenoxy) is 1. The van der Waals surface area contributed by atoms with Crippen LogP contribution in [-0.4, -0.2) is 67.2 Å². The highest BCUT2D eigenvalue weighted by Crippen LogP contribution is 2.22. The molecule has 1 aromatic heterocycles. The number of nitrogens with zero attached hydrogens (tertiary/aromatic N) is 4. The molecule has 1 aromatic carbocycles. The Morgan fingerprint density at radius 3 is 2.52 bits per heavy atom. The van der Waals surface area contributed by atoms with Crippen molar-refractivity contribution in [2.75, 3.05) is 53.3 Å². The Kier molecular flexibility index (Phi) is 5.55. The number of nitrogens with one attached hydrogen (secondary N) is 2. The van der Waals surface area contributed by atoms with Gasteiger partial charge in [-0.25, -0.2) is 8.42 Å². The quantitative estimate of drug-likeness (QED) is 0.749. The van der Waals surface area contributed by atoms with E-state index in [0.29, 0.717) is 50.6 Å². The van der Waals surface area contributed by atoms with Crippen molar-refractivity contribution in [3.05, 3.63) is 29.3 Å². The summed E-state index contributed by atoms with van der Waals surface area (Å²) in [5, 5.41) is 6.44. The van der Waals surface area contributed by atoms with E-state index in [1.807, 2.05) is 23.1 Å². The summed E-state index contributed by atoms with van der Waals surface area (Å²) >= 11 is 0. The van der Waals surface area contributed by atoms with Crippen molar-refractivity contribution in [2.24, 2.45) is 0 Å². The molecule has 2 aromatic rings. The molecule has 9 nitrogen and oxygen atoms in total. The SMILES string of the molecule is Cc1ccc(Nc2nc(N[C@H]3CCS(=O)(=O)C3)nc(N3CCOCC3)n2)cc1C. The van der Waals surface area contributed by atoms with Gasteiger partial charge in [-0.2, -0.15) is 15.0 Å². The van der Waals surface area contributed by atoms with E-state index in [1.165, 1.54) is 11.1 Å². The highest BCUT2D eigenvalue weighted by molar-refractivity contribution is 7.91. The molecule has 0 unspecified atom stereocenters. The number of aromatic nitrogens is 3. The van der Waals surface area contributed by atoms with E-state index in [2.05, 4.69) is 39.4 Å². The van der Waals surface area contributed by atoms with Crippen molar-refractivity contribution in [3.63, 3.8) is 0 Å². The van der Waals surface area contributed by atoms with Gasteiger partial charge in [0.25, 0.3) is 0 Å². The van der Waals surface area contributed by atoms with Gasteiger partial charge >= 0.3 is 0 Å². The fourth-order valence-corrected chi connectivity index (χ4v) is 5.10. The Morgan fingerprint density at radius 1 is 1.07 bits per heavy atom. The van der Waals surface area contributed by atoms with Gasteiger partial charge in [0.1, 0.15) is 0 Å². The number of benzene rings is 1. The average Bonchev–Trinajstić information content (AvgIpc) is 3.03. The number of anilines is 4. The van der Waals surface area contributed by atoms with Gasteiger partial charge < -0.3 is 20.3 Å². The number of hydrogen-bond acceptors (Lipinski definition) is 9. The van der Waals surface area contributed by atoms with Crippen molar-refractivity contribution in [2.45, 2.75) is 26.3 Å². The van der Waals surface area contributed by atoms with Gasteiger partial charge in [-0.1, -0.05) is 6.07 Å². The van der Waals surface area contributed by atoms with Gasteiger partial charge in [0.15, 0.2) is 9.84 Å². The third-order valence-electron chi connectivity index (χ3n) is 5.25. The van der Waals surface area contributed by atoms with E-state index >= 15 is 0 Å². The van der Waals surface area contributed by atoms with Crippen LogP contribution in [0.2, 0.25) is 0 Å². The first-order valence-electron chi connectivity index (χ1n) is 9.78. The molecule has 10 heteroatoms. The molecular formula is C19H26N6O3S. The molecule has 2 aliphatic heterocycles. The Hall–Kier alpha value is -2.46. The minimum absolute atomic E-state index is 0.103. The Morgan fingerprint density at radius 2 is 1.83 bits per heavy atom. The summed E-state index contributed by atoms with van der Waals surface area (Å²) in [6, 6.07) is 5.89. The molecule has 1 atom stereocenters. The minimum Gasteiger partial charge on any atom is -0.378 e. The van der Waals surface area contributed by atoms with E-state index in [9.17, 15) is 8.42 Å². The molecule has 0 radical (unpaired) electrons. The molecule has 156 valence electrons. The number of rotatable bonds is 5. The molecule has 0 aliphatic carbocycles. The Labute approximate surface area is 170 Å². The normalized spacial score (nSPS) is 21.2. The second kappa shape index (κ2) is 8.11. The van der Waals surface area contributed by atoms with Crippen molar-refractivity contribution >= 4 is 33.4 Å². The highest BCUT2D eigenvalue weighted by Gasteiger charge is 2.29. The van der Waals surface area contributed by atoms with Crippen LogP contribution in [0, 0.1) is 13.8 Å². The van der Waals surface area contributed by atoms with Crippen LogP contribution in [-0.2, 0) is 14.6 Å². The maximum absolute atomic E-state index is 11.8. The summed E-state index contributed by atoms with van der Waals surface area (Å²) in [6.07, 6.45) is 0.556. The van der Waals surface area contributed by atoms with Crippen molar-refractivity contribution < 1.29 is 13.2 Å². The largest absolute Gasteiger partial charge is 0.378 e. The third kappa shape index (κ3) is 4.94. The molecule has 4 rings (SSSR count). The summed E-state index contributed by atoms with van der Waals surface area (Å²) in [6.45, 7) is 6.76. The van der Waals surface area contributed by atoms with E-state index in [-0.39, 0.29) is 17.5 Å². The highest BCUT2D eigenvalue weighted by atomic mass is 32.2. The van der Waals surface area contributed by atoms with Crippen LogP contribution in [0.5, 0.6) is 0 Å². The van der Waals surface area contributed by atoms with E-state index in [1.54, 1.807) is 0 Å². The maximum atomic E-state index is 11.8. The van der Waals surface area contributed by atoms with Crippen molar-refractivity contribution in [1.82, 2.24) is 15.0 Å². The van der Waals surface area contributed by atoms with Crippen LogP contribution in [0.1, 0.15) is 17.5 Å². The third-order valence-corrected chi connectivity index (χ3v) is 7.01. The fraction of sp³-hybridized carbons (Fsp3) is 0.526. The topological polar surface area (TPSA) is 109 Å². The Balaban J connectivity index is 1.61. The van der Waals surface area contributed by atoms with Gasteiger partial charge in [-0.3, -0.25) is 0 Å². The summed E-state index contributed by atoms with van der Waals surface area (Å²) in [5.74, 6) is 1.66. The second-order valence-corrected chi connectivity index (χ2v) is 9.78. The number of aryl methyl sites for hydroxylation is 2. The molecule has 0 spiro atoms. The fourth-order valence-electron chi connectivity index (χ4n) is 3.43. The molecule has 0 saturated carbocycles. The van der Waals surface area contributed by atoms with Crippen molar-refractivity contribution in [3.8, 4) is 0 Å². The standard InChI is InChI=1S/C19H26N6O3S/c1-13-3-4-15(11-14(13)2)20-17-22-18(21-16-5-10-29(26,27)12-16)24-19(23-17)25-6-8-28-9-7-25/h3-4,11,16H,5-10,12H2,1-2H3,(H2,20,21,22,23,24)/t16-/m0/s1. The lowest BCUT2D eigenvalue weighted by molar-refractivity contribution is 0.122. The molecule has 2 aliphatic rings. The minimum atomic E-state index is -2.99. The molecule has 0 amide bonds. The van der Waals surface area contributed by atoms with E-state index < -0.39 is 9.84 Å². The molecular weight excluding hydrogens is 392 g/mol. The van der Waals surface area contributed by atoms with Crippen LogP contribution in [0.3, 0.4) is 0 Å². The smallest absolute Gasteiger partial charge is 0.233 e. The van der Waals surface area contributed by atoms with Gasteiger partial charge in [-0.15, -0.1) is 0 Å². The summed E-state index contributed by atoms with van der Waals surface area (Å²) in [5.41, 5.74) is 3.28. The van der Waals surface area contributed by atoms with E-state index in [4.69, 9.17) is 4.74 Å². The lowest BCUT2D eigenvalue weighted by Crippen LogP contribution is -2.37. The van der Waals surface area contributed by atoms with Crippen LogP contribution >= 0.6 is 0 Å². The molecule has 2 saturated heterocycles. The van der Waals surface area contributed by atoms with Gasteiger partial charge in [0, 0.05) is 24.8 Å². The first-order valence-corrected chi connectivity index (χ1v) is 11.6. The van der Waals surface area contributed by atoms with Gasteiger partial charge in [0.05, 0.1) is 24.7 Å². The average molecular weight is 419 g/mol. The van der Waals surface area contributed by atoms with Crippen LogP contribution in [0.15, 0.2) is 18.2 Å². The van der Waals surface area contributed by atoms with Gasteiger partial charge in [-0.05, 0) is 43.5 Å². The predicted octanol–water partition coefficient (Wildman–Crippen LogP) is 1.67. The zero-order valence-corrected chi connectivity index (χ0v) is 17.5. The first kappa shape index (κ1) is 19.8. The monoisotopic (exact) mass is 418 g/mol. The predicted molar refractivity (Wildman–Crippen MR) is 113 cm³/mol. The molecule has 0 bridgehead atoms. The zero-order chi connectivity index (χ0) is 20.4. The van der Waals surface area contributed by atoms with Crippen molar-refractivity contribution in [1.29, 1.82) is 0 Å². The summed E-state index contributed by atoms with van der Waals surface area (Å²) < 4.78 is 29.0. The number of hydrogen-bond donors (Lipinski definition) is 2. The summed E-state index contributed by atoms with van der Waals surface area (Å²) in [7, 11) is -2.99. The zero-order valence-electron chi connectivity index (χ0n) is 16.7. The lowest BCUT2D eigenvalue weighted by Gasteiger charge is -2.27. The number of morpholine rings is 1. The number of sulfone groups is 1. The Bertz CT molecular complexity index is 991. The molecule has 2 N–H and O–H groups in total. The van der Waals surface area contributed by atoms with Gasteiger partial charge in [0.2, 0.25) is 17.8 Å². The first-order chi connectivity index (χ1) is 13.9. The van der Waals surface area contributed by atoms with Crippen LogP contribution < -0.4 is 15.5 Å². The lowest BCUT2D eigenvalue weighted by atomic mass is 10.1. The molecule has 29 heavy (non-hydrogen) atoms. The van der Waals surface area contributed by atoms with E-state index in [0.717, 1.165) is 5.69 Å². The van der Waals surface area contributed by atoms with Crippen LogP contribution in [0.4, 0.5) is 23.5 Å². The molecule has 2 fully saturated rings. The summed E-state index contributed by atoms with van der Waals surface area (Å²) in [4.78, 5) is 15.7. The van der Waals surface area contributed by atoms with Crippen LogP contribution in [0.25, 0.3) is 0 Å². The molecule has 3 heterocycles.